The highest BCUT2D eigenvalue weighted by molar-refractivity contribution is 9.10. The molecule has 3 aromatic rings. The molecule has 0 bridgehead atoms. The van der Waals surface area contributed by atoms with Crippen molar-refractivity contribution >= 4 is 50.5 Å². The summed E-state index contributed by atoms with van der Waals surface area (Å²) < 4.78 is 1.02. The molecule has 0 aliphatic rings. The van der Waals surface area contributed by atoms with Crippen molar-refractivity contribution in [2.24, 2.45) is 0 Å². The lowest BCUT2D eigenvalue weighted by Crippen LogP contribution is -2.22. The second-order valence-electron chi connectivity index (χ2n) is 5.75. The molecule has 6 heteroatoms. The van der Waals surface area contributed by atoms with Crippen LogP contribution in [0, 0.1) is 0 Å². The van der Waals surface area contributed by atoms with Crippen LogP contribution in [-0.2, 0) is 4.79 Å². The molecule has 0 spiro atoms. The van der Waals surface area contributed by atoms with Crippen molar-refractivity contribution in [3.8, 4) is 10.4 Å². The van der Waals surface area contributed by atoms with Crippen LogP contribution < -0.4 is 10.2 Å². The van der Waals surface area contributed by atoms with Crippen LogP contribution in [0.4, 0.5) is 11.4 Å². The Bertz CT molecular complexity index is 933. The third-order valence-electron chi connectivity index (χ3n) is 3.94. The first-order chi connectivity index (χ1) is 12.4. The predicted octanol–water partition coefficient (Wildman–Crippen LogP) is 5.41. The Balaban J connectivity index is 1.70. The van der Waals surface area contributed by atoms with Gasteiger partial charge in [-0.15, -0.1) is 11.3 Å². The topological polar surface area (TPSA) is 49.4 Å². The highest BCUT2D eigenvalue weighted by Crippen LogP contribution is 2.29. The third kappa shape index (κ3) is 4.20. The Morgan fingerprint density at radius 3 is 2.23 bits per heavy atom. The standard InChI is InChI=1S/C20H17BrN2O2S/c1-13(24)23(2)17-9-7-16(8-10-17)22-20(25)19-12-11-18(26-19)14-3-5-15(21)6-4-14/h3-12H,1-2H3,(H,22,25). The largest absolute Gasteiger partial charge is 0.321 e. The van der Waals surface area contributed by atoms with Crippen molar-refractivity contribution in [3.63, 3.8) is 0 Å². The minimum Gasteiger partial charge on any atom is -0.321 e. The maximum Gasteiger partial charge on any atom is 0.265 e. The zero-order valence-electron chi connectivity index (χ0n) is 14.3. The second kappa shape index (κ2) is 7.85. The number of hydrogen-bond donors (Lipinski definition) is 1. The quantitative estimate of drug-likeness (QED) is 0.603. The monoisotopic (exact) mass is 428 g/mol. The molecule has 1 N–H and O–H groups in total. The number of amides is 2. The van der Waals surface area contributed by atoms with E-state index in [1.54, 1.807) is 36.2 Å². The van der Waals surface area contributed by atoms with Crippen molar-refractivity contribution in [1.29, 1.82) is 0 Å². The number of halogens is 1. The van der Waals surface area contributed by atoms with Crippen molar-refractivity contribution in [1.82, 2.24) is 0 Å². The van der Waals surface area contributed by atoms with Gasteiger partial charge in [-0.1, -0.05) is 28.1 Å². The van der Waals surface area contributed by atoms with E-state index in [9.17, 15) is 9.59 Å². The van der Waals surface area contributed by atoms with Crippen molar-refractivity contribution in [2.45, 2.75) is 6.92 Å². The molecule has 0 aliphatic heterocycles. The Labute approximate surface area is 164 Å². The molecule has 0 fully saturated rings. The Morgan fingerprint density at radius 1 is 0.962 bits per heavy atom. The third-order valence-corrected chi connectivity index (χ3v) is 5.61. The van der Waals surface area contributed by atoms with Crippen LogP contribution >= 0.6 is 27.3 Å². The van der Waals surface area contributed by atoms with Gasteiger partial charge >= 0.3 is 0 Å². The number of nitrogens with one attached hydrogen (secondary N) is 1. The summed E-state index contributed by atoms with van der Waals surface area (Å²) >= 11 is 4.87. The normalized spacial score (nSPS) is 10.4. The molecule has 2 amide bonds. The molecule has 1 aromatic heterocycles. The lowest BCUT2D eigenvalue weighted by molar-refractivity contribution is -0.116. The van der Waals surface area contributed by atoms with Crippen LogP contribution in [0.2, 0.25) is 0 Å². The molecule has 4 nitrogen and oxygen atoms in total. The zero-order valence-corrected chi connectivity index (χ0v) is 16.7. The van der Waals surface area contributed by atoms with Gasteiger partial charge < -0.3 is 10.2 Å². The van der Waals surface area contributed by atoms with E-state index < -0.39 is 0 Å². The average Bonchev–Trinajstić information content (AvgIpc) is 3.12. The van der Waals surface area contributed by atoms with Crippen LogP contribution in [0.1, 0.15) is 16.6 Å². The summed E-state index contributed by atoms with van der Waals surface area (Å²) in [4.78, 5) is 27.1. The van der Waals surface area contributed by atoms with Crippen LogP contribution in [0.3, 0.4) is 0 Å². The van der Waals surface area contributed by atoms with Gasteiger partial charge in [0.05, 0.1) is 4.88 Å². The molecule has 26 heavy (non-hydrogen) atoms. The van der Waals surface area contributed by atoms with Crippen molar-refractivity contribution < 1.29 is 9.59 Å². The second-order valence-corrected chi connectivity index (χ2v) is 7.75. The van der Waals surface area contributed by atoms with E-state index in [4.69, 9.17) is 0 Å². The highest BCUT2D eigenvalue weighted by atomic mass is 79.9. The fourth-order valence-electron chi connectivity index (χ4n) is 2.37. The molecular formula is C20H17BrN2O2S. The Hall–Kier alpha value is -2.44. The van der Waals surface area contributed by atoms with E-state index in [0.29, 0.717) is 10.6 Å². The van der Waals surface area contributed by atoms with E-state index in [-0.39, 0.29) is 11.8 Å². The van der Waals surface area contributed by atoms with Gasteiger partial charge in [0.1, 0.15) is 0 Å². The van der Waals surface area contributed by atoms with E-state index >= 15 is 0 Å². The summed E-state index contributed by atoms with van der Waals surface area (Å²) in [6, 6.07) is 19.0. The maximum atomic E-state index is 12.5. The van der Waals surface area contributed by atoms with Crippen molar-refractivity contribution in [3.05, 3.63) is 70.0 Å². The van der Waals surface area contributed by atoms with Crippen LogP contribution in [0.25, 0.3) is 10.4 Å². The van der Waals surface area contributed by atoms with E-state index in [0.717, 1.165) is 20.6 Å². The molecule has 1 heterocycles. The van der Waals surface area contributed by atoms with E-state index in [2.05, 4.69) is 21.2 Å². The van der Waals surface area contributed by atoms with E-state index in [1.165, 1.54) is 18.3 Å². The number of hydrogen-bond acceptors (Lipinski definition) is 3. The molecule has 0 aliphatic carbocycles. The molecular weight excluding hydrogens is 412 g/mol. The Kier molecular flexibility index (Phi) is 5.54. The summed E-state index contributed by atoms with van der Waals surface area (Å²) in [6.45, 7) is 1.51. The SMILES string of the molecule is CC(=O)N(C)c1ccc(NC(=O)c2ccc(-c3ccc(Br)cc3)s2)cc1. The predicted molar refractivity (Wildman–Crippen MR) is 111 cm³/mol. The minimum atomic E-state index is -0.147. The molecule has 0 radical (unpaired) electrons. The number of nitrogens with zero attached hydrogens (tertiary/aromatic N) is 1. The summed E-state index contributed by atoms with van der Waals surface area (Å²) in [7, 11) is 1.71. The number of rotatable bonds is 4. The summed E-state index contributed by atoms with van der Waals surface area (Å²) in [5, 5.41) is 2.89. The van der Waals surface area contributed by atoms with Gasteiger partial charge in [-0.25, -0.2) is 0 Å². The Morgan fingerprint density at radius 2 is 1.62 bits per heavy atom. The lowest BCUT2D eigenvalue weighted by atomic mass is 10.2. The van der Waals surface area contributed by atoms with Gasteiger partial charge in [0.15, 0.2) is 0 Å². The lowest BCUT2D eigenvalue weighted by Gasteiger charge is -2.15. The summed E-state index contributed by atoms with van der Waals surface area (Å²) in [5.41, 5.74) is 2.55. The van der Waals surface area contributed by atoms with Gasteiger partial charge in [0, 0.05) is 34.7 Å². The van der Waals surface area contributed by atoms with Gasteiger partial charge in [-0.2, -0.15) is 0 Å². The fraction of sp³-hybridized carbons (Fsp3) is 0.100. The first kappa shape index (κ1) is 18.4. The van der Waals surface area contributed by atoms with E-state index in [1.807, 2.05) is 36.4 Å². The first-order valence-electron chi connectivity index (χ1n) is 7.95. The molecule has 0 unspecified atom stereocenters. The number of carbonyl (C=O) groups excluding carboxylic acids is 2. The van der Waals surface area contributed by atoms with Crippen LogP contribution in [0.15, 0.2) is 65.1 Å². The molecule has 0 atom stereocenters. The van der Waals surface area contributed by atoms with Gasteiger partial charge in [-0.05, 0) is 54.1 Å². The fourth-order valence-corrected chi connectivity index (χ4v) is 3.54. The highest BCUT2D eigenvalue weighted by Gasteiger charge is 2.11. The maximum absolute atomic E-state index is 12.5. The summed E-state index contributed by atoms with van der Waals surface area (Å²) in [5.74, 6) is -0.188. The first-order valence-corrected chi connectivity index (χ1v) is 9.56. The van der Waals surface area contributed by atoms with Gasteiger partial charge in [0.25, 0.3) is 5.91 Å². The number of carbonyl (C=O) groups is 2. The summed E-state index contributed by atoms with van der Waals surface area (Å²) in [6.07, 6.45) is 0. The molecule has 0 saturated heterocycles. The molecule has 2 aromatic carbocycles. The minimum absolute atomic E-state index is 0.0409. The number of anilines is 2. The average molecular weight is 429 g/mol. The van der Waals surface area contributed by atoms with Crippen LogP contribution in [0.5, 0.6) is 0 Å². The molecule has 0 saturated carbocycles. The van der Waals surface area contributed by atoms with Gasteiger partial charge in [-0.3, -0.25) is 9.59 Å². The molecule has 3 rings (SSSR count). The van der Waals surface area contributed by atoms with Crippen LogP contribution in [-0.4, -0.2) is 18.9 Å². The van der Waals surface area contributed by atoms with Crippen molar-refractivity contribution in [2.75, 3.05) is 17.3 Å². The number of thiophene rings is 1. The molecule has 132 valence electrons. The van der Waals surface area contributed by atoms with Gasteiger partial charge in [0.2, 0.25) is 5.91 Å². The smallest absolute Gasteiger partial charge is 0.265 e. The zero-order chi connectivity index (χ0) is 18.7. The number of benzene rings is 2.